The largest absolute Gasteiger partial charge is 0.461 e. The molecule has 0 bridgehead atoms. The van der Waals surface area contributed by atoms with Gasteiger partial charge in [-0.3, -0.25) is 4.79 Å². The van der Waals surface area contributed by atoms with Crippen LogP contribution in [0.3, 0.4) is 0 Å². The number of carbonyl (C=O) groups is 1. The van der Waals surface area contributed by atoms with E-state index in [0.29, 0.717) is 13.0 Å². The lowest BCUT2D eigenvalue weighted by molar-refractivity contribution is -0.149. The minimum atomic E-state index is -0.248. The fourth-order valence-corrected chi connectivity index (χ4v) is 1.14. The van der Waals surface area contributed by atoms with Crippen molar-refractivity contribution >= 4 is 24.6 Å². The van der Waals surface area contributed by atoms with Gasteiger partial charge in [-0.05, 0) is 18.2 Å². The summed E-state index contributed by atoms with van der Waals surface area (Å²) < 4.78 is 5.10. The summed E-state index contributed by atoms with van der Waals surface area (Å²) in [6.45, 7) is 2.07. The van der Waals surface area contributed by atoms with E-state index < -0.39 is 0 Å². The second kappa shape index (κ2) is 7.88. The standard InChI is InChI=1S/C12H15NO2.ClH/c1-10(7-8-13)12(14)15-9-11-5-3-2-4-6-11;/h2-6,8,10,13H,7,9H2,1H3;1H. The molecular weight excluding hydrogens is 226 g/mol. The third-order valence-corrected chi connectivity index (χ3v) is 2.10. The van der Waals surface area contributed by atoms with Crippen molar-refractivity contribution in [2.75, 3.05) is 0 Å². The lowest BCUT2D eigenvalue weighted by Gasteiger charge is -2.08. The van der Waals surface area contributed by atoms with Crippen LogP contribution in [0.2, 0.25) is 0 Å². The Kier molecular flexibility index (Phi) is 7.21. The monoisotopic (exact) mass is 241 g/mol. The fourth-order valence-electron chi connectivity index (χ4n) is 1.14. The predicted molar refractivity (Wildman–Crippen MR) is 66.1 cm³/mol. The van der Waals surface area contributed by atoms with E-state index in [1.165, 1.54) is 6.21 Å². The van der Waals surface area contributed by atoms with Crippen LogP contribution in [0.1, 0.15) is 18.9 Å². The summed E-state index contributed by atoms with van der Waals surface area (Å²) in [5, 5.41) is 6.89. The summed E-state index contributed by atoms with van der Waals surface area (Å²) in [6, 6.07) is 9.56. The van der Waals surface area contributed by atoms with Gasteiger partial charge in [-0.25, -0.2) is 0 Å². The Balaban J connectivity index is 0.00000225. The number of esters is 1. The molecule has 1 aromatic rings. The van der Waals surface area contributed by atoms with E-state index in [9.17, 15) is 4.79 Å². The zero-order valence-electron chi connectivity index (χ0n) is 9.18. The molecule has 0 aliphatic carbocycles. The van der Waals surface area contributed by atoms with E-state index in [1.807, 2.05) is 30.3 Å². The number of hydrogen-bond acceptors (Lipinski definition) is 3. The first-order valence-corrected chi connectivity index (χ1v) is 4.93. The van der Waals surface area contributed by atoms with Crippen LogP contribution in [0.15, 0.2) is 30.3 Å². The number of hydrogen-bond donors (Lipinski definition) is 1. The maximum absolute atomic E-state index is 11.4. The molecular formula is C12H16ClNO2. The zero-order chi connectivity index (χ0) is 11.1. The van der Waals surface area contributed by atoms with Crippen LogP contribution in [-0.4, -0.2) is 12.2 Å². The van der Waals surface area contributed by atoms with Crippen molar-refractivity contribution in [2.24, 2.45) is 5.92 Å². The molecule has 0 heterocycles. The van der Waals surface area contributed by atoms with Crippen LogP contribution in [0.5, 0.6) is 0 Å². The molecule has 0 spiro atoms. The van der Waals surface area contributed by atoms with Crippen LogP contribution < -0.4 is 0 Å². The SMILES string of the molecule is CC(CC=N)C(=O)OCc1ccccc1.Cl. The molecule has 3 nitrogen and oxygen atoms in total. The summed E-state index contributed by atoms with van der Waals surface area (Å²) in [6.07, 6.45) is 1.67. The summed E-state index contributed by atoms with van der Waals surface area (Å²) in [4.78, 5) is 11.4. The smallest absolute Gasteiger partial charge is 0.309 e. The molecule has 88 valence electrons. The maximum Gasteiger partial charge on any atom is 0.309 e. The van der Waals surface area contributed by atoms with E-state index in [2.05, 4.69) is 0 Å². The molecule has 0 saturated heterocycles. The topological polar surface area (TPSA) is 50.2 Å². The van der Waals surface area contributed by atoms with Gasteiger partial charge in [0.1, 0.15) is 6.61 Å². The normalized spacial score (nSPS) is 11.1. The van der Waals surface area contributed by atoms with E-state index in [1.54, 1.807) is 6.92 Å². The molecule has 4 heteroatoms. The Morgan fingerprint density at radius 2 is 2.06 bits per heavy atom. The number of ether oxygens (including phenoxy) is 1. The van der Waals surface area contributed by atoms with Crippen molar-refractivity contribution < 1.29 is 9.53 Å². The van der Waals surface area contributed by atoms with Crippen LogP contribution in [0.4, 0.5) is 0 Å². The zero-order valence-corrected chi connectivity index (χ0v) is 10.00. The van der Waals surface area contributed by atoms with E-state index in [0.717, 1.165) is 5.56 Å². The third-order valence-electron chi connectivity index (χ3n) is 2.10. The summed E-state index contributed by atoms with van der Waals surface area (Å²) in [5.74, 6) is -0.478. The lowest BCUT2D eigenvalue weighted by atomic mass is 10.1. The maximum atomic E-state index is 11.4. The Bertz CT molecular complexity index is 327. The minimum Gasteiger partial charge on any atom is -0.461 e. The molecule has 0 aliphatic heterocycles. The molecule has 1 aromatic carbocycles. The summed E-state index contributed by atoms with van der Waals surface area (Å²) in [5.41, 5.74) is 0.980. The predicted octanol–water partition coefficient (Wildman–Crippen LogP) is 2.83. The molecule has 1 N–H and O–H groups in total. The number of carbonyl (C=O) groups excluding carboxylic acids is 1. The molecule has 0 fully saturated rings. The van der Waals surface area contributed by atoms with Gasteiger partial charge in [0.2, 0.25) is 0 Å². The van der Waals surface area contributed by atoms with E-state index in [-0.39, 0.29) is 24.3 Å². The van der Waals surface area contributed by atoms with Crippen molar-refractivity contribution in [2.45, 2.75) is 20.0 Å². The first kappa shape index (κ1) is 14.6. The number of halogens is 1. The van der Waals surface area contributed by atoms with E-state index >= 15 is 0 Å². The van der Waals surface area contributed by atoms with Gasteiger partial charge in [-0.15, -0.1) is 12.4 Å². The fraction of sp³-hybridized carbons (Fsp3) is 0.333. The Labute approximate surface area is 102 Å². The van der Waals surface area contributed by atoms with Crippen molar-refractivity contribution in [3.8, 4) is 0 Å². The van der Waals surface area contributed by atoms with Crippen molar-refractivity contribution in [3.63, 3.8) is 0 Å². The van der Waals surface area contributed by atoms with Crippen LogP contribution >= 0.6 is 12.4 Å². The van der Waals surface area contributed by atoms with Gasteiger partial charge in [0.15, 0.2) is 0 Å². The Morgan fingerprint density at radius 3 is 2.62 bits per heavy atom. The van der Waals surface area contributed by atoms with Crippen molar-refractivity contribution in [3.05, 3.63) is 35.9 Å². The highest BCUT2D eigenvalue weighted by Gasteiger charge is 2.12. The van der Waals surface area contributed by atoms with Gasteiger partial charge >= 0.3 is 5.97 Å². The Hall–Kier alpha value is -1.35. The number of nitrogens with one attached hydrogen (secondary N) is 1. The van der Waals surface area contributed by atoms with Gasteiger partial charge in [0.05, 0.1) is 5.92 Å². The number of benzene rings is 1. The van der Waals surface area contributed by atoms with E-state index in [4.69, 9.17) is 10.1 Å². The summed E-state index contributed by atoms with van der Waals surface area (Å²) in [7, 11) is 0. The van der Waals surface area contributed by atoms with Crippen molar-refractivity contribution in [1.82, 2.24) is 0 Å². The highest BCUT2D eigenvalue weighted by Crippen LogP contribution is 2.06. The first-order chi connectivity index (χ1) is 7.24. The number of rotatable bonds is 5. The quantitative estimate of drug-likeness (QED) is 0.637. The highest BCUT2D eigenvalue weighted by atomic mass is 35.5. The lowest BCUT2D eigenvalue weighted by Crippen LogP contribution is -2.14. The average molecular weight is 242 g/mol. The van der Waals surface area contributed by atoms with Gasteiger partial charge < -0.3 is 10.1 Å². The average Bonchev–Trinajstić information content (AvgIpc) is 2.27. The molecule has 1 rings (SSSR count). The molecule has 0 radical (unpaired) electrons. The summed E-state index contributed by atoms with van der Waals surface area (Å²) >= 11 is 0. The molecule has 0 aliphatic rings. The first-order valence-electron chi connectivity index (χ1n) is 4.93. The van der Waals surface area contributed by atoms with Gasteiger partial charge in [0.25, 0.3) is 0 Å². The van der Waals surface area contributed by atoms with Crippen molar-refractivity contribution in [1.29, 1.82) is 5.41 Å². The molecule has 0 amide bonds. The molecule has 0 saturated carbocycles. The molecule has 0 aromatic heterocycles. The molecule has 1 atom stereocenters. The minimum absolute atomic E-state index is 0. The van der Waals surface area contributed by atoms with Crippen LogP contribution in [-0.2, 0) is 16.1 Å². The van der Waals surface area contributed by atoms with Gasteiger partial charge in [-0.1, -0.05) is 37.3 Å². The third kappa shape index (κ3) is 4.94. The second-order valence-electron chi connectivity index (χ2n) is 3.43. The molecule has 1 unspecified atom stereocenters. The Morgan fingerprint density at radius 1 is 1.44 bits per heavy atom. The van der Waals surface area contributed by atoms with Gasteiger partial charge in [0, 0.05) is 0 Å². The second-order valence-corrected chi connectivity index (χ2v) is 3.43. The van der Waals surface area contributed by atoms with Crippen LogP contribution in [0.25, 0.3) is 0 Å². The van der Waals surface area contributed by atoms with Crippen LogP contribution in [0, 0.1) is 11.3 Å². The highest BCUT2D eigenvalue weighted by molar-refractivity contribution is 5.85. The van der Waals surface area contributed by atoms with Gasteiger partial charge in [-0.2, -0.15) is 0 Å². The molecule has 16 heavy (non-hydrogen) atoms.